The molecular formula is C13H14N2O2S. The standard InChI is InChI=1S/C13H14N2O2S/c1-8(2)12(13(16)17)18-11-7-14-9-5-3-4-6-10(9)15-11/h3-8,12H,1-2H3,(H,16,17). The first kappa shape index (κ1) is 12.8. The normalized spacial score (nSPS) is 12.8. The van der Waals surface area contributed by atoms with Crippen LogP contribution in [0.4, 0.5) is 0 Å². The highest BCUT2D eigenvalue weighted by Crippen LogP contribution is 2.27. The number of hydrogen-bond acceptors (Lipinski definition) is 4. The van der Waals surface area contributed by atoms with Crippen molar-refractivity contribution in [2.75, 3.05) is 0 Å². The maximum atomic E-state index is 11.1. The highest BCUT2D eigenvalue weighted by molar-refractivity contribution is 8.00. The third-order valence-corrected chi connectivity index (χ3v) is 3.96. The van der Waals surface area contributed by atoms with Crippen molar-refractivity contribution in [3.8, 4) is 0 Å². The SMILES string of the molecule is CC(C)C(Sc1cnc2ccccc2n1)C(=O)O. The average Bonchev–Trinajstić information content (AvgIpc) is 2.35. The van der Waals surface area contributed by atoms with E-state index in [2.05, 4.69) is 9.97 Å². The summed E-state index contributed by atoms with van der Waals surface area (Å²) in [4.78, 5) is 19.8. The van der Waals surface area contributed by atoms with Crippen molar-refractivity contribution in [2.45, 2.75) is 24.1 Å². The Kier molecular flexibility index (Phi) is 3.81. The number of fused-ring (bicyclic) bond motifs is 1. The van der Waals surface area contributed by atoms with Crippen LogP contribution in [-0.2, 0) is 4.79 Å². The summed E-state index contributed by atoms with van der Waals surface area (Å²) in [6.45, 7) is 3.78. The smallest absolute Gasteiger partial charge is 0.317 e. The van der Waals surface area contributed by atoms with E-state index < -0.39 is 11.2 Å². The first-order valence-corrected chi connectivity index (χ1v) is 6.57. The number of benzene rings is 1. The molecule has 0 radical (unpaired) electrons. The van der Waals surface area contributed by atoms with Crippen LogP contribution in [0.1, 0.15) is 13.8 Å². The quantitative estimate of drug-likeness (QED) is 0.858. The minimum absolute atomic E-state index is 0.0424. The third-order valence-electron chi connectivity index (χ3n) is 2.52. The Balaban J connectivity index is 2.28. The summed E-state index contributed by atoms with van der Waals surface area (Å²) in [5, 5.41) is 9.30. The van der Waals surface area contributed by atoms with Gasteiger partial charge in [-0.2, -0.15) is 0 Å². The molecule has 0 aliphatic carbocycles. The Morgan fingerprint density at radius 1 is 1.28 bits per heavy atom. The maximum Gasteiger partial charge on any atom is 0.317 e. The van der Waals surface area contributed by atoms with Gasteiger partial charge in [-0.05, 0) is 18.1 Å². The first-order chi connectivity index (χ1) is 8.58. The number of carboxylic acid groups (broad SMARTS) is 1. The van der Waals surface area contributed by atoms with Crippen LogP contribution in [0.3, 0.4) is 0 Å². The number of aromatic nitrogens is 2. The lowest BCUT2D eigenvalue weighted by Crippen LogP contribution is -2.22. The lowest BCUT2D eigenvalue weighted by Gasteiger charge is -2.14. The summed E-state index contributed by atoms with van der Waals surface area (Å²) in [6.07, 6.45) is 1.63. The van der Waals surface area contributed by atoms with Gasteiger partial charge in [-0.3, -0.25) is 9.78 Å². The van der Waals surface area contributed by atoms with E-state index in [1.54, 1.807) is 6.20 Å². The molecule has 0 aliphatic heterocycles. The van der Waals surface area contributed by atoms with Crippen molar-refractivity contribution < 1.29 is 9.90 Å². The molecule has 1 atom stereocenters. The number of carboxylic acids is 1. The van der Waals surface area contributed by atoms with E-state index in [9.17, 15) is 4.79 Å². The molecule has 5 heteroatoms. The van der Waals surface area contributed by atoms with Crippen molar-refractivity contribution in [3.63, 3.8) is 0 Å². The fourth-order valence-corrected chi connectivity index (χ4v) is 2.50. The fraction of sp³-hybridized carbons (Fsp3) is 0.308. The molecule has 1 aromatic heterocycles. The highest BCUT2D eigenvalue weighted by atomic mass is 32.2. The molecule has 0 fully saturated rings. The van der Waals surface area contributed by atoms with Gasteiger partial charge in [0.15, 0.2) is 0 Å². The number of carbonyl (C=O) groups is 1. The molecule has 0 aliphatic rings. The second-order valence-corrected chi connectivity index (χ2v) is 5.48. The second-order valence-electron chi connectivity index (χ2n) is 4.32. The lowest BCUT2D eigenvalue weighted by molar-refractivity contribution is -0.137. The zero-order chi connectivity index (χ0) is 13.1. The molecular weight excluding hydrogens is 248 g/mol. The molecule has 0 saturated carbocycles. The second kappa shape index (κ2) is 5.35. The maximum absolute atomic E-state index is 11.1. The number of para-hydroxylation sites is 2. The van der Waals surface area contributed by atoms with E-state index in [4.69, 9.17) is 5.11 Å². The van der Waals surface area contributed by atoms with Crippen LogP contribution in [0.25, 0.3) is 11.0 Å². The van der Waals surface area contributed by atoms with Crippen molar-refractivity contribution in [3.05, 3.63) is 30.5 Å². The Labute approximate surface area is 109 Å². The summed E-state index contributed by atoms with van der Waals surface area (Å²) in [7, 11) is 0. The van der Waals surface area contributed by atoms with E-state index in [0.717, 1.165) is 11.0 Å². The zero-order valence-electron chi connectivity index (χ0n) is 10.2. The molecule has 1 aromatic carbocycles. The topological polar surface area (TPSA) is 63.1 Å². The molecule has 18 heavy (non-hydrogen) atoms. The summed E-state index contributed by atoms with van der Waals surface area (Å²) >= 11 is 1.25. The third kappa shape index (κ3) is 2.79. The van der Waals surface area contributed by atoms with Crippen LogP contribution >= 0.6 is 11.8 Å². The molecule has 0 saturated heterocycles. The molecule has 0 spiro atoms. The number of thioether (sulfide) groups is 1. The first-order valence-electron chi connectivity index (χ1n) is 5.69. The van der Waals surface area contributed by atoms with E-state index in [-0.39, 0.29) is 5.92 Å². The van der Waals surface area contributed by atoms with Crippen LogP contribution in [-0.4, -0.2) is 26.3 Å². The van der Waals surface area contributed by atoms with Crippen molar-refractivity contribution in [2.24, 2.45) is 5.92 Å². The largest absolute Gasteiger partial charge is 0.480 e. The molecule has 2 aromatic rings. The van der Waals surface area contributed by atoms with Gasteiger partial charge in [0.1, 0.15) is 10.3 Å². The van der Waals surface area contributed by atoms with Crippen molar-refractivity contribution in [1.82, 2.24) is 9.97 Å². The van der Waals surface area contributed by atoms with Crippen LogP contribution in [0.2, 0.25) is 0 Å². The van der Waals surface area contributed by atoms with Gasteiger partial charge in [-0.15, -0.1) is 0 Å². The van der Waals surface area contributed by atoms with Gasteiger partial charge in [-0.1, -0.05) is 37.7 Å². The Bertz CT molecular complexity index is 572. The molecule has 0 bridgehead atoms. The fourth-order valence-electron chi connectivity index (χ4n) is 1.60. The van der Waals surface area contributed by atoms with Crippen LogP contribution in [0.15, 0.2) is 35.5 Å². The van der Waals surface area contributed by atoms with E-state index in [1.165, 1.54) is 11.8 Å². The zero-order valence-corrected chi connectivity index (χ0v) is 11.0. The van der Waals surface area contributed by atoms with E-state index in [1.807, 2.05) is 38.1 Å². The predicted molar refractivity (Wildman–Crippen MR) is 71.7 cm³/mol. The minimum atomic E-state index is -0.815. The van der Waals surface area contributed by atoms with Gasteiger partial charge in [0, 0.05) is 0 Å². The summed E-state index contributed by atoms with van der Waals surface area (Å²) < 4.78 is 0. The minimum Gasteiger partial charge on any atom is -0.480 e. The van der Waals surface area contributed by atoms with Crippen LogP contribution < -0.4 is 0 Å². The van der Waals surface area contributed by atoms with Gasteiger partial charge in [-0.25, -0.2) is 4.98 Å². The molecule has 2 rings (SSSR count). The summed E-state index contributed by atoms with van der Waals surface area (Å²) in [5.41, 5.74) is 1.61. The molecule has 4 nitrogen and oxygen atoms in total. The van der Waals surface area contributed by atoms with Crippen molar-refractivity contribution >= 4 is 28.8 Å². The van der Waals surface area contributed by atoms with Gasteiger partial charge in [0.25, 0.3) is 0 Å². The highest BCUT2D eigenvalue weighted by Gasteiger charge is 2.23. The monoisotopic (exact) mass is 262 g/mol. The van der Waals surface area contributed by atoms with Gasteiger partial charge in [0.2, 0.25) is 0 Å². The summed E-state index contributed by atoms with van der Waals surface area (Å²) in [5.74, 6) is -0.772. The summed E-state index contributed by atoms with van der Waals surface area (Å²) in [6, 6.07) is 7.55. The van der Waals surface area contributed by atoms with Crippen LogP contribution in [0, 0.1) is 5.92 Å². The van der Waals surface area contributed by atoms with E-state index in [0.29, 0.717) is 5.03 Å². The molecule has 0 amide bonds. The molecule has 94 valence electrons. The Morgan fingerprint density at radius 3 is 2.56 bits per heavy atom. The number of aliphatic carboxylic acids is 1. The van der Waals surface area contributed by atoms with Gasteiger partial charge in [0.05, 0.1) is 17.2 Å². The predicted octanol–water partition coefficient (Wildman–Crippen LogP) is 2.83. The lowest BCUT2D eigenvalue weighted by atomic mass is 10.1. The number of rotatable bonds is 4. The number of nitrogens with zero attached hydrogens (tertiary/aromatic N) is 2. The molecule has 1 N–H and O–H groups in total. The molecule has 1 heterocycles. The van der Waals surface area contributed by atoms with Gasteiger partial charge >= 0.3 is 5.97 Å². The Morgan fingerprint density at radius 2 is 1.94 bits per heavy atom. The van der Waals surface area contributed by atoms with E-state index >= 15 is 0 Å². The van der Waals surface area contributed by atoms with Gasteiger partial charge < -0.3 is 5.11 Å². The Hall–Kier alpha value is -1.62. The molecule has 1 unspecified atom stereocenters. The van der Waals surface area contributed by atoms with Crippen molar-refractivity contribution in [1.29, 1.82) is 0 Å². The average molecular weight is 262 g/mol. The van der Waals surface area contributed by atoms with Crippen LogP contribution in [0.5, 0.6) is 0 Å². The number of hydrogen-bond donors (Lipinski definition) is 1.